The Bertz CT molecular complexity index is 255. The van der Waals surface area contributed by atoms with Gasteiger partial charge in [0.15, 0.2) is 0 Å². The minimum atomic E-state index is -2.90. The average Bonchev–Trinajstić information content (AvgIpc) is 2.30. The minimum Gasteiger partial charge on any atom is -0.376 e. The summed E-state index contributed by atoms with van der Waals surface area (Å²) in [5, 5.41) is 0. The Balaban J connectivity index is 2.76. The molecule has 92 valence electrons. The zero-order valence-electron chi connectivity index (χ0n) is 9.82. The maximum atomic E-state index is 11.6. The Kier molecular flexibility index (Phi) is 4.60. The van der Waals surface area contributed by atoms with Crippen molar-refractivity contribution in [2.45, 2.75) is 19.3 Å². The quantitative estimate of drug-likeness (QED) is 0.503. The molecule has 0 aromatic carbocycles. The van der Waals surface area contributed by atoms with Crippen LogP contribution < -0.4 is 0 Å². The maximum absolute atomic E-state index is 11.6. The van der Waals surface area contributed by atoms with Gasteiger partial charge in [0.2, 0.25) is 11.8 Å². The molecule has 0 aliphatic carbocycles. The molecule has 0 spiro atoms. The smallest absolute Gasteiger partial charge is 0.376 e. The lowest BCUT2D eigenvalue weighted by molar-refractivity contribution is -0.147. The fourth-order valence-corrected chi connectivity index (χ4v) is 3.24. The van der Waals surface area contributed by atoms with Crippen LogP contribution in [0.4, 0.5) is 0 Å². The molecule has 2 amide bonds. The van der Waals surface area contributed by atoms with Gasteiger partial charge < -0.3 is 13.3 Å². The van der Waals surface area contributed by atoms with Crippen molar-refractivity contribution in [1.29, 1.82) is 0 Å². The van der Waals surface area contributed by atoms with Crippen LogP contribution in [0.2, 0.25) is 0 Å². The molecule has 1 heterocycles. The maximum Gasteiger partial charge on any atom is 0.521 e. The van der Waals surface area contributed by atoms with Crippen molar-refractivity contribution >= 4 is 20.6 Å². The van der Waals surface area contributed by atoms with Crippen molar-refractivity contribution < 1.29 is 22.9 Å². The first kappa shape index (κ1) is 13.3. The zero-order valence-corrected chi connectivity index (χ0v) is 10.8. The average molecular weight is 247 g/mol. The SMILES string of the molecule is CO[Si](CN1C(=O)CCCC1=O)(OC)OC. The number of hydrogen-bond donors (Lipinski definition) is 0. The van der Waals surface area contributed by atoms with E-state index >= 15 is 0 Å². The summed E-state index contributed by atoms with van der Waals surface area (Å²) < 4.78 is 15.6. The summed E-state index contributed by atoms with van der Waals surface area (Å²) in [5.41, 5.74) is 0. The Morgan fingerprint density at radius 3 is 1.88 bits per heavy atom. The number of carbonyl (C=O) groups is 2. The lowest BCUT2D eigenvalue weighted by Crippen LogP contribution is -2.57. The van der Waals surface area contributed by atoms with Crippen molar-refractivity contribution in [3.05, 3.63) is 0 Å². The van der Waals surface area contributed by atoms with Gasteiger partial charge in [-0.3, -0.25) is 14.5 Å². The third-order valence-electron chi connectivity index (χ3n) is 2.67. The van der Waals surface area contributed by atoms with Crippen molar-refractivity contribution in [2.24, 2.45) is 0 Å². The molecule has 7 heteroatoms. The van der Waals surface area contributed by atoms with E-state index in [0.29, 0.717) is 19.3 Å². The first-order valence-electron chi connectivity index (χ1n) is 5.07. The van der Waals surface area contributed by atoms with Gasteiger partial charge >= 0.3 is 8.80 Å². The second-order valence-corrected chi connectivity index (χ2v) is 6.43. The topological polar surface area (TPSA) is 65.1 Å². The number of carbonyl (C=O) groups excluding carboxylic acids is 2. The van der Waals surface area contributed by atoms with E-state index in [1.165, 1.54) is 26.2 Å². The molecule has 1 fully saturated rings. The van der Waals surface area contributed by atoms with E-state index in [1.807, 2.05) is 0 Å². The number of amides is 2. The van der Waals surface area contributed by atoms with E-state index < -0.39 is 8.80 Å². The van der Waals surface area contributed by atoms with Gasteiger partial charge in [0, 0.05) is 34.2 Å². The molecule has 0 unspecified atom stereocenters. The van der Waals surface area contributed by atoms with Crippen LogP contribution >= 0.6 is 0 Å². The normalized spacial score (nSPS) is 18.1. The highest BCUT2D eigenvalue weighted by Gasteiger charge is 2.44. The first-order chi connectivity index (χ1) is 7.58. The van der Waals surface area contributed by atoms with Crippen LogP contribution in [0.3, 0.4) is 0 Å². The lowest BCUT2D eigenvalue weighted by atomic mass is 10.1. The Labute approximate surface area is 95.8 Å². The molecule has 1 aliphatic heterocycles. The molecule has 0 N–H and O–H groups in total. The van der Waals surface area contributed by atoms with E-state index in [9.17, 15) is 9.59 Å². The second-order valence-electron chi connectivity index (χ2n) is 3.52. The van der Waals surface area contributed by atoms with Crippen molar-refractivity contribution in [2.75, 3.05) is 27.5 Å². The Hall–Kier alpha value is -0.763. The minimum absolute atomic E-state index is 0.0914. The summed E-state index contributed by atoms with van der Waals surface area (Å²) >= 11 is 0. The molecule has 0 radical (unpaired) electrons. The summed E-state index contributed by atoms with van der Waals surface area (Å²) in [4.78, 5) is 24.4. The first-order valence-corrected chi connectivity index (χ1v) is 7.00. The monoisotopic (exact) mass is 247 g/mol. The highest BCUT2D eigenvalue weighted by Crippen LogP contribution is 2.16. The number of rotatable bonds is 5. The molecule has 0 saturated carbocycles. The zero-order chi connectivity index (χ0) is 12.2. The predicted molar refractivity (Wildman–Crippen MR) is 57.4 cm³/mol. The van der Waals surface area contributed by atoms with Crippen LogP contribution in [-0.4, -0.2) is 53.0 Å². The van der Waals surface area contributed by atoms with Crippen LogP contribution in [-0.2, 0) is 22.9 Å². The van der Waals surface area contributed by atoms with Crippen LogP contribution in [0.15, 0.2) is 0 Å². The lowest BCUT2D eigenvalue weighted by Gasteiger charge is -2.31. The fraction of sp³-hybridized carbons (Fsp3) is 0.778. The molecular formula is C9H17NO5Si. The van der Waals surface area contributed by atoms with E-state index in [4.69, 9.17) is 13.3 Å². The van der Waals surface area contributed by atoms with Crippen LogP contribution in [0, 0.1) is 0 Å². The fourth-order valence-electron chi connectivity index (χ4n) is 1.61. The van der Waals surface area contributed by atoms with E-state index in [-0.39, 0.29) is 18.0 Å². The van der Waals surface area contributed by atoms with E-state index in [0.717, 1.165) is 0 Å². The van der Waals surface area contributed by atoms with Gasteiger partial charge in [0.1, 0.15) is 0 Å². The predicted octanol–water partition coefficient (Wildman–Crippen LogP) is -0.0572. The number of imide groups is 1. The van der Waals surface area contributed by atoms with Crippen LogP contribution in [0.1, 0.15) is 19.3 Å². The molecule has 1 rings (SSSR count). The number of nitrogens with zero attached hydrogens (tertiary/aromatic N) is 1. The van der Waals surface area contributed by atoms with Gasteiger partial charge in [-0.2, -0.15) is 0 Å². The summed E-state index contributed by atoms with van der Waals surface area (Å²) in [6.45, 7) is 0. The van der Waals surface area contributed by atoms with E-state index in [1.54, 1.807) is 0 Å². The Morgan fingerprint density at radius 1 is 1.06 bits per heavy atom. The van der Waals surface area contributed by atoms with Crippen LogP contribution in [0.5, 0.6) is 0 Å². The van der Waals surface area contributed by atoms with Gasteiger partial charge in [-0.05, 0) is 6.42 Å². The Morgan fingerprint density at radius 2 is 1.50 bits per heavy atom. The van der Waals surface area contributed by atoms with Gasteiger partial charge in [-0.1, -0.05) is 0 Å². The number of piperidine rings is 1. The molecule has 0 aromatic heterocycles. The number of hydrogen-bond acceptors (Lipinski definition) is 5. The van der Waals surface area contributed by atoms with Crippen molar-refractivity contribution in [3.63, 3.8) is 0 Å². The van der Waals surface area contributed by atoms with Crippen molar-refractivity contribution in [3.8, 4) is 0 Å². The van der Waals surface area contributed by atoms with E-state index in [2.05, 4.69) is 0 Å². The highest BCUT2D eigenvalue weighted by molar-refractivity contribution is 6.61. The van der Waals surface area contributed by atoms with Gasteiger partial charge in [0.05, 0.1) is 6.17 Å². The third-order valence-corrected chi connectivity index (χ3v) is 5.24. The highest BCUT2D eigenvalue weighted by atomic mass is 28.4. The summed E-state index contributed by atoms with van der Waals surface area (Å²) in [7, 11) is 1.47. The summed E-state index contributed by atoms with van der Waals surface area (Å²) in [6.07, 6.45) is 1.50. The van der Waals surface area contributed by atoms with Crippen LogP contribution in [0.25, 0.3) is 0 Å². The molecule has 0 atom stereocenters. The van der Waals surface area contributed by atoms with Gasteiger partial charge in [-0.15, -0.1) is 0 Å². The summed E-state index contributed by atoms with van der Waals surface area (Å²) in [5.74, 6) is -0.362. The second kappa shape index (κ2) is 5.53. The molecule has 0 aromatic rings. The van der Waals surface area contributed by atoms with Gasteiger partial charge in [0.25, 0.3) is 0 Å². The summed E-state index contributed by atoms with van der Waals surface area (Å²) in [6, 6.07) is 0. The molecule has 1 saturated heterocycles. The van der Waals surface area contributed by atoms with Gasteiger partial charge in [-0.25, -0.2) is 0 Å². The molecular weight excluding hydrogens is 230 g/mol. The van der Waals surface area contributed by atoms with Crippen molar-refractivity contribution in [1.82, 2.24) is 4.90 Å². The number of likely N-dealkylation sites (tertiary alicyclic amines) is 1. The largest absolute Gasteiger partial charge is 0.521 e. The standard InChI is InChI=1S/C9H17NO5Si/c1-13-16(14-2,15-3)7-10-8(11)5-4-6-9(10)12/h4-7H2,1-3H3. The molecule has 16 heavy (non-hydrogen) atoms. The third kappa shape index (κ3) is 2.67. The molecule has 1 aliphatic rings. The molecule has 0 bridgehead atoms. The molecule has 6 nitrogen and oxygen atoms in total.